The van der Waals surface area contributed by atoms with Crippen LogP contribution in [0, 0.1) is 0 Å². The van der Waals surface area contributed by atoms with Gasteiger partial charge in [-0.2, -0.15) is 0 Å². The van der Waals surface area contributed by atoms with E-state index in [1.165, 1.54) is 0 Å². The van der Waals surface area contributed by atoms with Crippen molar-refractivity contribution in [3.63, 3.8) is 0 Å². The summed E-state index contributed by atoms with van der Waals surface area (Å²) in [6.45, 7) is 0.0852. The number of anilines is 2. The second-order valence-electron chi connectivity index (χ2n) is 5.25. The molecule has 0 aliphatic carbocycles. The molecule has 8 nitrogen and oxygen atoms in total. The Labute approximate surface area is 143 Å². The summed E-state index contributed by atoms with van der Waals surface area (Å²) in [5.74, 6) is -1.80. The van der Waals surface area contributed by atoms with E-state index in [9.17, 15) is 19.2 Å². The van der Waals surface area contributed by atoms with Crippen molar-refractivity contribution in [2.24, 2.45) is 0 Å². The smallest absolute Gasteiger partial charge is 0.313 e. The zero-order valence-corrected chi connectivity index (χ0v) is 14.2. The van der Waals surface area contributed by atoms with E-state index < -0.39 is 11.8 Å². The van der Waals surface area contributed by atoms with Gasteiger partial charge in [0.25, 0.3) is 5.24 Å². The fourth-order valence-electron chi connectivity index (χ4n) is 2.01. The van der Waals surface area contributed by atoms with Gasteiger partial charge in [0.15, 0.2) is 0 Å². The highest BCUT2D eigenvalue weighted by Crippen LogP contribution is 2.18. The van der Waals surface area contributed by atoms with Crippen LogP contribution in [-0.4, -0.2) is 60.8 Å². The lowest BCUT2D eigenvalue weighted by atomic mass is 10.2. The first-order chi connectivity index (χ1) is 11.4. The minimum atomic E-state index is -0.822. The number of carbonyl (C=O) groups excluding carboxylic acids is 4. The summed E-state index contributed by atoms with van der Waals surface area (Å²) < 4.78 is 0. The van der Waals surface area contributed by atoms with Crippen molar-refractivity contribution >= 4 is 46.1 Å². The van der Waals surface area contributed by atoms with Crippen LogP contribution in [0.2, 0.25) is 0 Å². The van der Waals surface area contributed by atoms with Gasteiger partial charge in [-0.3, -0.25) is 24.1 Å². The third-order valence-corrected chi connectivity index (χ3v) is 4.15. The summed E-state index contributed by atoms with van der Waals surface area (Å²) in [7, 11) is 3.74. The second-order valence-corrected chi connectivity index (χ2v) is 6.18. The van der Waals surface area contributed by atoms with Crippen LogP contribution >= 0.6 is 11.8 Å². The number of amides is 4. The van der Waals surface area contributed by atoms with Crippen molar-refractivity contribution in [2.75, 3.05) is 43.2 Å². The number of carbonyl (C=O) groups is 4. The van der Waals surface area contributed by atoms with Crippen LogP contribution in [0.5, 0.6) is 0 Å². The van der Waals surface area contributed by atoms with E-state index in [-0.39, 0.29) is 30.0 Å². The van der Waals surface area contributed by atoms with Crippen molar-refractivity contribution < 1.29 is 19.2 Å². The van der Waals surface area contributed by atoms with Gasteiger partial charge in [0, 0.05) is 38.6 Å². The van der Waals surface area contributed by atoms with Gasteiger partial charge in [0.2, 0.25) is 5.91 Å². The number of nitrogens with one attached hydrogen (secondary N) is 2. The maximum atomic E-state index is 11.9. The van der Waals surface area contributed by atoms with Crippen molar-refractivity contribution in [3.05, 3.63) is 24.3 Å². The molecule has 128 valence electrons. The van der Waals surface area contributed by atoms with Gasteiger partial charge in [-0.1, -0.05) is 17.8 Å². The molecular formula is C15H18N4O4S. The number of hydrogen-bond donors (Lipinski definition) is 2. The van der Waals surface area contributed by atoms with Crippen molar-refractivity contribution in [1.29, 1.82) is 0 Å². The van der Waals surface area contributed by atoms with Gasteiger partial charge < -0.3 is 15.5 Å². The maximum absolute atomic E-state index is 11.9. The van der Waals surface area contributed by atoms with Gasteiger partial charge in [-0.15, -0.1) is 0 Å². The summed E-state index contributed by atoms with van der Waals surface area (Å²) in [5, 5.41) is 4.56. The molecule has 1 aliphatic rings. The fourth-order valence-corrected chi connectivity index (χ4v) is 2.76. The van der Waals surface area contributed by atoms with Gasteiger partial charge >= 0.3 is 11.8 Å². The first-order valence-electron chi connectivity index (χ1n) is 7.22. The highest BCUT2D eigenvalue weighted by Gasteiger charge is 2.29. The molecule has 0 saturated carbocycles. The lowest BCUT2D eigenvalue weighted by molar-refractivity contribution is -0.136. The molecule has 1 aromatic rings. The predicted octanol–water partition coefficient (Wildman–Crippen LogP) is 0.503. The van der Waals surface area contributed by atoms with Crippen molar-refractivity contribution in [1.82, 2.24) is 10.2 Å². The molecule has 24 heavy (non-hydrogen) atoms. The van der Waals surface area contributed by atoms with Gasteiger partial charge in [-0.05, 0) is 18.2 Å². The standard InChI is InChI=1S/C15H18N4O4S/c1-18(2)11-5-3-4-10(8-11)17-14(22)13(21)16-6-7-19-12(20)9-24-15(19)23/h3-5,8H,6-7,9H2,1-2H3,(H,16,21)(H,17,22). The van der Waals surface area contributed by atoms with E-state index in [2.05, 4.69) is 10.6 Å². The highest BCUT2D eigenvalue weighted by molar-refractivity contribution is 8.14. The Bertz CT molecular complexity index is 661. The Hall–Kier alpha value is -2.55. The zero-order valence-electron chi connectivity index (χ0n) is 13.4. The normalized spacial score (nSPS) is 13.8. The Balaban J connectivity index is 1.82. The minimum absolute atomic E-state index is 0.0298. The summed E-state index contributed by atoms with van der Waals surface area (Å²) in [6.07, 6.45) is 0. The molecule has 1 fully saturated rings. The average molecular weight is 350 g/mol. The van der Waals surface area contributed by atoms with E-state index >= 15 is 0 Å². The third kappa shape index (κ3) is 4.48. The number of thioether (sulfide) groups is 1. The average Bonchev–Trinajstić information content (AvgIpc) is 2.86. The molecule has 0 spiro atoms. The highest BCUT2D eigenvalue weighted by atomic mass is 32.2. The number of imide groups is 1. The number of hydrogen-bond acceptors (Lipinski definition) is 6. The lowest BCUT2D eigenvalue weighted by Crippen LogP contribution is -2.41. The molecule has 2 N–H and O–H groups in total. The molecule has 9 heteroatoms. The Morgan fingerprint density at radius 3 is 2.62 bits per heavy atom. The molecule has 0 radical (unpaired) electrons. The van der Waals surface area contributed by atoms with E-state index in [4.69, 9.17) is 0 Å². The predicted molar refractivity (Wildman–Crippen MR) is 92.0 cm³/mol. The molecule has 4 amide bonds. The fraction of sp³-hybridized carbons (Fsp3) is 0.333. The molecular weight excluding hydrogens is 332 g/mol. The van der Waals surface area contributed by atoms with Crippen LogP contribution < -0.4 is 15.5 Å². The van der Waals surface area contributed by atoms with E-state index in [1.54, 1.807) is 18.2 Å². The number of benzene rings is 1. The van der Waals surface area contributed by atoms with Crippen LogP contribution in [0.3, 0.4) is 0 Å². The zero-order chi connectivity index (χ0) is 17.7. The molecule has 1 heterocycles. The number of rotatable bonds is 5. The van der Waals surface area contributed by atoms with Crippen molar-refractivity contribution in [3.8, 4) is 0 Å². The first-order valence-corrected chi connectivity index (χ1v) is 8.20. The maximum Gasteiger partial charge on any atom is 0.313 e. The quantitative estimate of drug-likeness (QED) is 0.751. The molecule has 0 aromatic heterocycles. The van der Waals surface area contributed by atoms with Crippen LogP contribution in [0.25, 0.3) is 0 Å². The topological polar surface area (TPSA) is 98.8 Å². The molecule has 1 aliphatic heterocycles. The molecule has 0 unspecified atom stereocenters. The summed E-state index contributed by atoms with van der Waals surface area (Å²) in [4.78, 5) is 49.4. The van der Waals surface area contributed by atoms with Crippen LogP contribution in [0.1, 0.15) is 0 Å². The SMILES string of the molecule is CN(C)c1cccc(NC(=O)C(=O)NCCN2C(=O)CSC2=O)c1. The summed E-state index contributed by atoms with van der Waals surface area (Å²) in [6, 6.07) is 7.06. The number of nitrogens with zero attached hydrogens (tertiary/aromatic N) is 2. The van der Waals surface area contributed by atoms with Crippen LogP contribution in [0.4, 0.5) is 16.2 Å². The van der Waals surface area contributed by atoms with E-state index in [1.807, 2.05) is 25.1 Å². The van der Waals surface area contributed by atoms with E-state index in [0.29, 0.717) is 5.69 Å². The summed E-state index contributed by atoms with van der Waals surface area (Å²) in [5.41, 5.74) is 1.39. The van der Waals surface area contributed by atoms with Gasteiger partial charge in [0.05, 0.1) is 5.75 Å². The Kier molecular flexibility index (Phi) is 5.80. The molecule has 0 atom stereocenters. The summed E-state index contributed by atoms with van der Waals surface area (Å²) >= 11 is 0.925. The third-order valence-electron chi connectivity index (χ3n) is 3.29. The molecule has 1 aromatic carbocycles. The Morgan fingerprint density at radius 2 is 2.00 bits per heavy atom. The largest absolute Gasteiger partial charge is 0.378 e. The first kappa shape index (κ1) is 17.8. The van der Waals surface area contributed by atoms with Crippen LogP contribution in [0.15, 0.2) is 24.3 Å². The lowest BCUT2D eigenvalue weighted by Gasteiger charge is -2.14. The van der Waals surface area contributed by atoms with Crippen molar-refractivity contribution in [2.45, 2.75) is 0 Å². The van der Waals surface area contributed by atoms with Gasteiger partial charge in [-0.25, -0.2) is 0 Å². The Morgan fingerprint density at radius 1 is 1.25 bits per heavy atom. The molecule has 2 rings (SSSR count). The van der Waals surface area contributed by atoms with Crippen LogP contribution in [-0.2, 0) is 14.4 Å². The minimum Gasteiger partial charge on any atom is -0.378 e. The molecule has 0 bridgehead atoms. The monoisotopic (exact) mass is 350 g/mol. The van der Waals surface area contributed by atoms with E-state index in [0.717, 1.165) is 22.3 Å². The second kappa shape index (κ2) is 7.82. The van der Waals surface area contributed by atoms with Gasteiger partial charge in [0.1, 0.15) is 0 Å². The molecule has 1 saturated heterocycles.